The lowest BCUT2D eigenvalue weighted by Gasteiger charge is -2.23. The zero-order valence-corrected chi connectivity index (χ0v) is 24.2. The van der Waals surface area contributed by atoms with E-state index in [0.717, 1.165) is 18.2 Å². The molecular formula is C22H28N6O9S3. The summed E-state index contributed by atoms with van der Waals surface area (Å²) in [6.45, 7) is 8.08. The number of azo groups is 1. The first-order valence-electron chi connectivity index (χ1n) is 11.7. The van der Waals surface area contributed by atoms with Crippen LogP contribution in [0.2, 0.25) is 0 Å². The lowest BCUT2D eigenvalue weighted by Crippen LogP contribution is -2.27. The molecule has 218 valence electrons. The van der Waals surface area contributed by atoms with Gasteiger partial charge in [0.05, 0.1) is 10.6 Å². The summed E-state index contributed by atoms with van der Waals surface area (Å²) in [6, 6.07) is 2.25. The molecule has 2 aromatic rings. The number of anilines is 2. The number of nitrogens with one attached hydrogen (secondary N) is 1. The second kappa shape index (κ2) is 11.7. The quantitative estimate of drug-likeness (QED) is 0.222. The Hall–Kier alpha value is -3.29. The van der Waals surface area contributed by atoms with Crippen LogP contribution in [0.5, 0.6) is 0 Å². The Morgan fingerprint density at radius 3 is 2.15 bits per heavy atom. The monoisotopic (exact) mass is 616 g/mol. The zero-order chi connectivity index (χ0) is 30.0. The van der Waals surface area contributed by atoms with E-state index in [0.29, 0.717) is 24.7 Å². The van der Waals surface area contributed by atoms with Crippen molar-refractivity contribution < 1.29 is 38.9 Å². The standard InChI is InChI=1S/C22H28N6O9S3/c1-5-28(6-2)22-23-14(4)20(21(25-22)24-15-7-9-18(13(3)11-15)39(32,33)34)27-26-17-12-16(38(29,30)31)8-10-19(17)40(35,36)37/h7-13,18H,5-6H2,1-4H3,(H,23,24,25)(H,29,30,31)(H,32,33,34)(H,35,36,37)/b27-26+. The summed E-state index contributed by atoms with van der Waals surface area (Å²) in [5.41, 5.74) is 0.108. The van der Waals surface area contributed by atoms with E-state index in [1.165, 1.54) is 12.2 Å². The number of aromatic nitrogens is 2. The molecule has 4 N–H and O–H groups in total. The molecule has 15 nitrogen and oxygen atoms in total. The van der Waals surface area contributed by atoms with Gasteiger partial charge in [0.2, 0.25) is 5.95 Å². The lowest BCUT2D eigenvalue weighted by atomic mass is 10.0. The average Bonchev–Trinajstić information content (AvgIpc) is 2.82. The molecule has 1 aliphatic carbocycles. The number of aryl methyl sites for hydroxylation is 1. The largest absolute Gasteiger partial charge is 0.341 e. The van der Waals surface area contributed by atoms with Crippen molar-refractivity contribution in [1.82, 2.24) is 9.97 Å². The van der Waals surface area contributed by atoms with Gasteiger partial charge in [0, 0.05) is 18.8 Å². The summed E-state index contributed by atoms with van der Waals surface area (Å²) in [5, 5.41) is 9.74. The van der Waals surface area contributed by atoms with E-state index in [1.54, 1.807) is 19.9 Å². The molecule has 2 unspecified atom stereocenters. The van der Waals surface area contributed by atoms with Gasteiger partial charge < -0.3 is 10.2 Å². The van der Waals surface area contributed by atoms with Gasteiger partial charge in [-0.1, -0.05) is 19.1 Å². The summed E-state index contributed by atoms with van der Waals surface area (Å²) in [7, 11) is -13.9. The predicted octanol–water partition coefficient (Wildman–Crippen LogP) is 3.30. The van der Waals surface area contributed by atoms with Crippen molar-refractivity contribution in [1.29, 1.82) is 0 Å². The van der Waals surface area contributed by atoms with E-state index < -0.39 is 57.0 Å². The van der Waals surface area contributed by atoms with Gasteiger partial charge in [-0.25, -0.2) is 4.98 Å². The van der Waals surface area contributed by atoms with Crippen LogP contribution < -0.4 is 10.2 Å². The predicted molar refractivity (Wildman–Crippen MR) is 146 cm³/mol. The fourth-order valence-corrected chi connectivity index (χ4v) is 5.87. The third-order valence-electron chi connectivity index (χ3n) is 5.89. The third kappa shape index (κ3) is 7.26. The first-order valence-corrected chi connectivity index (χ1v) is 16.1. The molecule has 0 amide bonds. The van der Waals surface area contributed by atoms with Crippen molar-refractivity contribution in [2.24, 2.45) is 16.1 Å². The second-order valence-corrected chi connectivity index (χ2v) is 13.1. The Morgan fingerprint density at radius 1 is 0.975 bits per heavy atom. The van der Waals surface area contributed by atoms with E-state index >= 15 is 0 Å². The summed E-state index contributed by atoms with van der Waals surface area (Å²) < 4.78 is 98.6. The Labute approximate surface area is 232 Å². The molecule has 0 saturated heterocycles. The van der Waals surface area contributed by atoms with Crippen LogP contribution in [0.15, 0.2) is 62.1 Å². The highest BCUT2D eigenvalue weighted by Crippen LogP contribution is 2.35. The fraction of sp³-hybridized carbons (Fsp3) is 0.364. The van der Waals surface area contributed by atoms with Crippen molar-refractivity contribution in [2.45, 2.75) is 42.7 Å². The molecule has 1 aromatic carbocycles. The van der Waals surface area contributed by atoms with Crippen molar-refractivity contribution in [3.63, 3.8) is 0 Å². The van der Waals surface area contributed by atoms with Gasteiger partial charge in [-0.05, 0) is 51.0 Å². The van der Waals surface area contributed by atoms with E-state index in [1.807, 2.05) is 18.7 Å². The summed E-state index contributed by atoms with van der Waals surface area (Å²) in [5.74, 6) is -0.204. The molecule has 40 heavy (non-hydrogen) atoms. The minimum Gasteiger partial charge on any atom is -0.341 e. The molecule has 0 saturated carbocycles. The maximum Gasteiger partial charge on any atom is 0.296 e. The lowest BCUT2D eigenvalue weighted by molar-refractivity contribution is 0.463. The summed E-state index contributed by atoms with van der Waals surface area (Å²) in [4.78, 5) is 9.34. The van der Waals surface area contributed by atoms with Crippen molar-refractivity contribution in [2.75, 3.05) is 23.3 Å². The van der Waals surface area contributed by atoms with Crippen LogP contribution in [0.1, 0.15) is 26.5 Å². The van der Waals surface area contributed by atoms with Gasteiger partial charge in [-0.15, -0.1) is 10.2 Å². The number of hydrogen-bond acceptors (Lipinski definition) is 12. The smallest absolute Gasteiger partial charge is 0.296 e. The van der Waals surface area contributed by atoms with Crippen LogP contribution in [0.3, 0.4) is 0 Å². The first kappa shape index (κ1) is 31.2. The Kier molecular flexibility index (Phi) is 9.12. The summed E-state index contributed by atoms with van der Waals surface area (Å²) in [6.07, 6.45) is 4.29. The van der Waals surface area contributed by atoms with Gasteiger partial charge in [-0.3, -0.25) is 13.7 Å². The highest BCUT2D eigenvalue weighted by molar-refractivity contribution is 7.86. The Balaban J connectivity index is 2.16. The fourth-order valence-electron chi connectivity index (χ4n) is 3.86. The number of rotatable bonds is 10. The van der Waals surface area contributed by atoms with Gasteiger partial charge in [-0.2, -0.15) is 30.2 Å². The van der Waals surface area contributed by atoms with E-state index in [9.17, 15) is 38.9 Å². The molecule has 1 heterocycles. The van der Waals surface area contributed by atoms with E-state index in [2.05, 4.69) is 25.5 Å². The topological polar surface area (TPSA) is 229 Å². The number of allylic oxidation sites excluding steroid dienone is 2. The molecule has 0 fully saturated rings. The molecular weight excluding hydrogens is 588 g/mol. The van der Waals surface area contributed by atoms with E-state index in [-0.39, 0.29) is 17.2 Å². The molecule has 0 bridgehead atoms. The molecule has 0 aliphatic heterocycles. The third-order valence-corrected chi connectivity index (χ3v) is 8.91. The average molecular weight is 617 g/mol. The molecule has 1 aliphatic rings. The first-order chi connectivity index (χ1) is 18.5. The van der Waals surface area contributed by atoms with Crippen molar-refractivity contribution >= 4 is 53.5 Å². The van der Waals surface area contributed by atoms with E-state index in [4.69, 9.17) is 0 Å². The SMILES string of the molecule is CCN(CC)c1nc(C)c(/N=N/c2cc(S(=O)(=O)O)ccc2S(=O)(=O)O)c(NC2=CC(C)C(S(=O)(=O)O)C=C2)n1. The molecule has 1 aromatic heterocycles. The van der Waals surface area contributed by atoms with Gasteiger partial charge >= 0.3 is 0 Å². The van der Waals surface area contributed by atoms with Gasteiger partial charge in [0.1, 0.15) is 21.5 Å². The number of nitrogens with zero attached hydrogens (tertiary/aromatic N) is 5. The number of benzene rings is 1. The van der Waals surface area contributed by atoms with Crippen LogP contribution in [0.4, 0.5) is 23.1 Å². The molecule has 0 spiro atoms. The molecule has 3 rings (SSSR count). The van der Waals surface area contributed by atoms with Crippen molar-refractivity contribution in [3.8, 4) is 0 Å². The minimum atomic E-state index is -4.86. The molecule has 18 heteroatoms. The highest BCUT2D eigenvalue weighted by atomic mass is 32.2. The normalized spacial score (nSPS) is 18.1. The number of hydrogen-bond donors (Lipinski definition) is 4. The van der Waals surface area contributed by atoms with Crippen LogP contribution in [0.25, 0.3) is 0 Å². The minimum absolute atomic E-state index is 0.00769. The maximum atomic E-state index is 11.9. The van der Waals surface area contributed by atoms with Crippen LogP contribution in [-0.2, 0) is 30.4 Å². The van der Waals surface area contributed by atoms with Gasteiger partial charge in [0.25, 0.3) is 30.4 Å². The van der Waals surface area contributed by atoms with Crippen LogP contribution in [-0.4, -0.2) is 67.2 Å². The Bertz CT molecular complexity index is 1720. The van der Waals surface area contributed by atoms with Gasteiger partial charge in [0.15, 0.2) is 5.82 Å². The highest BCUT2D eigenvalue weighted by Gasteiger charge is 2.28. The van der Waals surface area contributed by atoms with Crippen LogP contribution >= 0.6 is 0 Å². The molecule has 2 atom stereocenters. The van der Waals surface area contributed by atoms with Crippen molar-refractivity contribution in [3.05, 3.63) is 47.8 Å². The van der Waals surface area contributed by atoms with Crippen LogP contribution in [0, 0.1) is 12.8 Å². The summed E-state index contributed by atoms with van der Waals surface area (Å²) >= 11 is 0. The molecule has 0 radical (unpaired) electrons. The Morgan fingerprint density at radius 2 is 1.62 bits per heavy atom. The maximum absolute atomic E-state index is 11.9. The second-order valence-electron chi connectivity index (χ2n) is 8.70. The zero-order valence-electron chi connectivity index (χ0n) is 21.8.